The quantitative estimate of drug-likeness (QED) is 0.804. The molecule has 0 amide bonds. The van der Waals surface area contributed by atoms with Crippen molar-refractivity contribution in [3.8, 4) is 0 Å². The lowest BCUT2D eigenvalue weighted by Crippen LogP contribution is -2.13. The second kappa shape index (κ2) is 5.85. The molecule has 0 bridgehead atoms. The first kappa shape index (κ1) is 14.1. The van der Waals surface area contributed by atoms with Crippen LogP contribution < -0.4 is 10.9 Å². The molecule has 1 rings (SSSR count). The van der Waals surface area contributed by atoms with Crippen LogP contribution in [-0.2, 0) is 10.0 Å². The van der Waals surface area contributed by atoms with Crippen molar-refractivity contribution in [2.45, 2.75) is 31.7 Å². The highest BCUT2D eigenvalue weighted by Gasteiger charge is 2.08. The van der Waals surface area contributed by atoms with Crippen LogP contribution in [-0.4, -0.2) is 8.42 Å². The van der Waals surface area contributed by atoms with Crippen LogP contribution in [0.3, 0.4) is 0 Å². The van der Waals surface area contributed by atoms with Crippen LogP contribution in [0.2, 0.25) is 0 Å². The molecule has 86 valence electrons. The van der Waals surface area contributed by atoms with Crippen molar-refractivity contribution < 1.29 is 8.42 Å². The molecule has 15 heavy (non-hydrogen) atoms. The largest absolute Gasteiger partial charge is 0.324 e. The lowest BCUT2D eigenvalue weighted by molar-refractivity contribution is 0.597. The van der Waals surface area contributed by atoms with E-state index in [-0.39, 0.29) is 10.9 Å². The van der Waals surface area contributed by atoms with Crippen molar-refractivity contribution in [2.24, 2.45) is 10.9 Å². The highest BCUT2D eigenvalue weighted by molar-refractivity contribution is 7.89. The minimum atomic E-state index is -3.61. The van der Waals surface area contributed by atoms with Gasteiger partial charge in [0.15, 0.2) is 0 Å². The molecule has 4 N–H and O–H groups in total. The SMILES string of the molecule is CC.C[C@@H](N)c1cccc(S(N)(=O)=O)c1. The smallest absolute Gasteiger partial charge is 0.238 e. The second-order valence-corrected chi connectivity index (χ2v) is 4.47. The molecule has 0 saturated carbocycles. The molecule has 0 spiro atoms. The number of rotatable bonds is 2. The Morgan fingerprint density at radius 3 is 2.20 bits per heavy atom. The zero-order valence-electron chi connectivity index (χ0n) is 9.27. The van der Waals surface area contributed by atoms with E-state index >= 15 is 0 Å². The Hall–Kier alpha value is -0.910. The van der Waals surface area contributed by atoms with Gasteiger partial charge in [0.2, 0.25) is 10.0 Å². The van der Waals surface area contributed by atoms with E-state index in [9.17, 15) is 8.42 Å². The molecule has 0 aliphatic heterocycles. The van der Waals surface area contributed by atoms with Crippen molar-refractivity contribution in [1.29, 1.82) is 0 Å². The summed E-state index contributed by atoms with van der Waals surface area (Å²) < 4.78 is 21.9. The molecule has 0 aliphatic rings. The van der Waals surface area contributed by atoms with E-state index < -0.39 is 10.0 Å². The van der Waals surface area contributed by atoms with Gasteiger partial charge in [-0.1, -0.05) is 26.0 Å². The van der Waals surface area contributed by atoms with Crippen molar-refractivity contribution in [3.63, 3.8) is 0 Å². The molecular formula is C10H18N2O2S. The molecule has 0 unspecified atom stereocenters. The van der Waals surface area contributed by atoms with Gasteiger partial charge in [-0.05, 0) is 24.6 Å². The molecule has 1 aromatic carbocycles. The first-order valence-electron chi connectivity index (χ1n) is 4.79. The van der Waals surface area contributed by atoms with E-state index in [0.29, 0.717) is 0 Å². The number of benzene rings is 1. The first-order valence-corrected chi connectivity index (χ1v) is 6.34. The van der Waals surface area contributed by atoms with Crippen molar-refractivity contribution in [1.82, 2.24) is 0 Å². The van der Waals surface area contributed by atoms with E-state index in [1.165, 1.54) is 12.1 Å². The number of sulfonamides is 1. The Bertz CT molecular complexity index is 400. The molecule has 1 atom stereocenters. The molecular weight excluding hydrogens is 212 g/mol. The number of primary sulfonamides is 1. The Balaban J connectivity index is 0.000000921. The van der Waals surface area contributed by atoms with E-state index in [0.717, 1.165) is 5.56 Å². The maximum absolute atomic E-state index is 10.9. The maximum atomic E-state index is 10.9. The van der Waals surface area contributed by atoms with Gasteiger partial charge in [0.25, 0.3) is 0 Å². The fraction of sp³-hybridized carbons (Fsp3) is 0.400. The average molecular weight is 230 g/mol. The topological polar surface area (TPSA) is 86.2 Å². The van der Waals surface area contributed by atoms with E-state index in [1.807, 2.05) is 13.8 Å². The predicted octanol–water partition coefficient (Wildman–Crippen LogP) is 1.38. The fourth-order valence-corrected chi connectivity index (χ4v) is 1.54. The Labute approximate surface area is 91.3 Å². The Morgan fingerprint density at radius 1 is 1.27 bits per heavy atom. The fourth-order valence-electron chi connectivity index (χ4n) is 0.975. The van der Waals surface area contributed by atoms with Gasteiger partial charge in [-0.25, -0.2) is 13.6 Å². The van der Waals surface area contributed by atoms with Crippen molar-refractivity contribution >= 4 is 10.0 Å². The normalized spacial score (nSPS) is 12.6. The summed E-state index contributed by atoms with van der Waals surface area (Å²) >= 11 is 0. The summed E-state index contributed by atoms with van der Waals surface area (Å²) in [4.78, 5) is 0.0994. The highest BCUT2D eigenvalue weighted by atomic mass is 32.2. The zero-order chi connectivity index (χ0) is 12.1. The monoisotopic (exact) mass is 230 g/mol. The summed E-state index contributed by atoms with van der Waals surface area (Å²) in [6.07, 6.45) is 0. The minimum absolute atomic E-state index is 0.0994. The summed E-state index contributed by atoms with van der Waals surface area (Å²) in [5.41, 5.74) is 6.35. The lowest BCUT2D eigenvalue weighted by atomic mass is 10.1. The molecule has 4 nitrogen and oxygen atoms in total. The van der Waals surface area contributed by atoms with Gasteiger partial charge in [-0.3, -0.25) is 0 Å². The third-order valence-electron chi connectivity index (χ3n) is 1.71. The van der Waals surface area contributed by atoms with Crippen LogP contribution in [0, 0.1) is 0 Å². The highest BCUT2D eigenvalue weighted by Crippen LogP contribution is 2.14. The lowest BCUT2D eigenvalue weighted by Gasteiger charge is -2.06. The van der Waals surface area contributed by atoms with Gasteiger partial charge in [0.1, 0.15) is 0 Å². The molecule has 1 aromatic rings. The van der Waals surface area contributed by atoms with Crippen LogP contribution in [0.1, 0.15) is 32.4 Å². The van der Waals surface area contributed by atoms with Gasteiger partial charge in [-0.15, -0.1) is 0 Å². The summed E-state index contributed by atoms with van der Waals surface area (Å²) in [7, 11) is -3.61. The van der Waals surface area contributed by atoms with E-state index in [1.54, 1.807) is 19.1 Å². The standard InChI is InChI=1S/C8H12N2O2S.C2H6/c1-6(9)7-3-2-4-8(5-7)13(10,11)12;1-2/h2-6H,9H2,1H3,(H2,10,11,12);1-2H3/t6-;/m1./s1. The molecule has 0 aliphatic carbocycles. The molecule has 0 heterocycles. The third-order valence-corrected chi connectivity index (χ3v) is 2.62. The number of nitrogens with two attached hydrogens (primary N) is 2. The van der Waals surface area contributed by atoms with Crippen LogP contribution in [0.4, 0.5) is 0 Å². The Kier molecular flexibility index (Phi) is 5.49. The third kappa shape index (κ3) is 4.42. The molecule has 0 radical (unpaired) electrons. The minimum Gasteiger partial charge on any atom is -0.324 e. The maximum Gasteiger partial charge on any atom is 0.238 e. The second-order valence-electron chi connectivity index (χ2n) is 2.91. The van der Waals surface area contributed by atoms with Crippen LogP contribution in [0.5, 0.6) is 0 Å². The number of hydrogen-bond acceptors (Lipinski definition) is 3. The summed E-state index contributed by atoms with van der Waals surface area (Å²) in [6.45, 7) is 5.78. The van der Waals surface area contributed by atoms with Gasteiger partial charge < -0.3 is 5.73 Å². The van der Waals surface area contributed by atoms with Crippen LogP contribution in [0.15, 0.2) is 29.2 Å². The average Bonchev–Trinajstić information content (AvgIpc) is 2.20. The summed E-state index contributed by atoms with van der Waals surface area (Å²) in [5, 5.41) is 4.96. The van der Waals surface area contributed by atoms with Crippen molar-refractivity contribution in [3.05, 3.63) is 29.8 Å². The van der Waals surface area contributed by atoms with Gasteiger partial charge >= 0.3 is 0 Å². The van der Waals surface area contributed by atoms with E-state index in [2.05, 4.69) is 0 Å². The summed E-state index contributed by atoms with van der Waals surface area (Å²) in [5.74, 6) is 0. The number of hydrogen-bond donors (Lipinski definition) is 2. The molecule has 0 fully saturated rings. The molecule has 0 saturated heterocycles. The van der Waals surface area contributed by atoms with Crippen LogP contribution in [0.25, 0.3) is 0 Å². The van der Waals surface area contributed by atoms with Crippen LogP contribution >= 0.6 is 0 Å². The molecule has 5 heteroatoms. The van der Waals surface area contributed by atoms with E-state index in [4.69, 9.17) is 10.9 Å². The summed E-state index contributed by atoms with van der Waals surface area (Å²) in [6, 6.07) is 6.13. The Morgan fingerprint density at radius 2 is 1.80 bits per heavy atom. The van der Waals surface area contributed by atoms with Gasteiger partial charge in [0, 0.05) is 6.04 Å². The predicted molar refractivity (Wildman–Crippen MR) is 61.8 cm³/mol. The molecule has 0 aromatic heterocycles. The first-order chi connectivity index (χ1) is 6.91. The zero-order valence-corrected chi connectivity index (χ0v) is 10.1. The van der Waals surface area contributed by atoms with Crippen molar-refractivity contribution in [2.75, 3.05) is 0 Å². The van der Waals surface area contributed by atoms with Gasteiger partial charge in [-0.2, -0.15) is 0 Å². The van der Waals surface area contributed by atoms with Gasteiger partial charge in [0.05, 0.1) is 4.90 Å².